The number of rotatable bonds is 6. The second-order valence-electron chi connectivity index (χ2n) is 3.82. The third-order valence-corrected chi connectivity index (χ3v) is 4.28. The predicted molar refractivity (Wildman–Crippen MR) is 72.6 cm³/mol. The Morgan fingerprint density at radius 3 is 2.33 bits per heavy atom. The summed E-state index contributed by atoms with van der Waals surface area (Å²) in [6.45, 7) is 1.73. The molecule has 0 aromatic heterocycles. The average Bonchev–Trinajstić information content (AvgIpc) is 2.38. The topological polar surface area (TPSA) is 75.3 Å². The first-order chi connectivity index (χ1) is 8.48. The molecular weight excluding hydrogens is 252 g/mol. The van der Waals surface area contributed by atoms with Gasteiger partial charge in [-0.1, -0.05) is 6.92 Å². The molecule has 0 heterocycles. The number of amides is 1. The number of hydrogen-bond donors (Lipinski definition) is 2. The molecule has 0 saturated carbocycles. The Balaban J connectivity index is 2.50. The zero-order valence-corrected chi connectivity index (χ0v) is 11.4. The van der Waals surface area contributed by atoms with Crippen molar-refractivity contribution in [3.05, 3.63) is 29.8 Å². The molecule has 18 heavy (non-hydrogen) atoms. The molecule has 1 aromatic rings. The molecule has 0 aliphatic heterocycles. The summed E-state index contributed by atoms with van der Waals surface area (Å²) in [6.07, 6.45) is 0. The van der Waals surface area contributed by atoms with Crippen LogP contribution in [0.5, 0.6) is 0 Å². The molecule has 0 unspecified atom stereocenters. The van der Waals surface area contributed by atoms with Crippen molar-refractivity contribution < 1.29 is 13.2 Å². The lowest BCUT2D eigenvalue weighted by Crippen LogP contribution is -2.29. The molecule has 0 bridgehead atoms. The quantitative estimate of drug-likeness (QED) is 0.805. The zero-order chi connectivity index (χ0) is 13.6. The maximum atomic E-state index is 11.7. The van der Waals surface area contributed by atoms with Crippen molar-refractivity contribution in [3.63, 3.8) is 0 Å². The van der Waals surface area contributed by atoms with E-state index >= 15 is 0 Å². The monoisotopic (exact) mass is 270 g/mol. The van der Waals surface area contributed by atoms with Gasteiger partial charge in [-0.05, 0) is 24.3 Å². The molecule has 0 fully saturated rings. The number of hydrogen-bond acceptors (Lipinski definition) is 4. The van der Waals surface area contributed by atoms with Gasteiger partial charge in [-0.2, -0.15) is 0 Å². The van der Waals surface area contributed by atoms with Gasteiger partial charge in [0.2, 0.25) is 0 Å². The fourth-order valence-corrected chi connectivity index (χ4v) is 2.06. The van der Waals surface area contributed by atoms with E-state index in [2.05, 4.69) is 10.6 Å². The SMILES string of the molecule is CCS(=O)(=O)CCNC(=O)c1ccc(NC)cc1. The maximum Gasteiger partial charge on any atom is 0.251 e. The molecule has 6 heteroatoms. The van der Waals surface area contributed by atoms with Crippen LogP contribution in [0.25, 0.3) is 0 Å². The Labute approximate surface area is 108 Å². The molecule has 1 amide bonds. The van der Waals surface area contributed by atoms with Gasteiger partial charge in [0, 0.05) is 30.6 Å². The number of carbonyl (C=O) groups excluding carboxylic acids is 1. The Morgan fingerprint density at radius 2 is 1.83 bits per heavy atom. The van der Waals surface area contributed by atoms with E-state index in [1.807, 2.05) is 0 Å². The van der Waals surface area contributed by atoms with E-state index in [9.17, 15) is 13.2 Å². The summed E-state index contributed by atoms with van der Waals surface area (Å²) in [6, 6.07) is 6.96. The van der Waals surface area contributed by atoms with Crippen LogP contribution >= 0.6 is 0 Å². The highest BCUT2D eigenvalue weighted by Crippen LogP contribution is 2.08. The second-order valence-corrected chi connectivity index (χ2v) is 6.29. The van der Waals surface area contributed by atoms with Crippen molar-refractivity contribution in [2.24, 2.45) is 0 Å². The van der Waals surface area contributed by atoms with E-state index in [0.717, 1.165) is 5.69 Å². The first-order valence-corrected chi connectivity index (χ1v) is 7.57. The van der Waals surface area contributed by atoms with Crippen molar-refractivity contribution in [2.75, 3.05) is 30.4 Å². The Hall–Kier alpha value is -1.56. The van der Waals surface area contributed by atoms with Gasteiger partial charge in [0.05, 0.1) is 5.75 Å². The number of benzene rings is 1. The molecule has 0 saturated heterocycles. The third-order valence-electron chi connectivity index (χ3n) is 2.57. The lowest BCUT2D eigenvalue weighted by molar-refractivity contribution is 0.0956. The van der Waals surface area contributed by atoms with E-state index in [-0.39, 0.29) is 24.0 Å². The molecule has 0 aliphatic carbocycles. The highest BCUT2D eigenvalue weighted by atomic mass is 32.2. The van der Waals surface area contributed by atoms with Crippen LogP contribution < -0.4 is 10.6 Å². The minimum Gasteiger partial charge on any atom is -0.388 e. The highest BCUT2D eigenvalue weighted by Gasteiger charge is 2.09. The fraction of sp³-hybridized carbons (Fsp3) is 0.417. The van der Waals surface area contributed by atoms with Crippen LogP contribution in [0, 0.1) is 0 Å². The van der Waals surface area contributed by atoms with Gasteiger partial charge in [-0.25, -0.2) is 8.42 Å². The Bertz CT molecular complexity index is 495. The van der Waals surface area contributed by atoms with Gasteiger partial charge in [-0.15, -0.1) is 0 Å². The van der Waals surface area contributed by atoms with E-state index in [1.54, 1.807) is 38.2 Å². The largest absolute Gasteiger partial charge is 0.388 e. The van der Waals surface area contributed by atoms with Crippen LogP contribution in [-0.2, 0) is 9.84 Å². The molecule has 0 spiro atoms. The summed E-state index contributed by atoms with van der Waals surface area (Å²) in [5, 5.41) is 5.54. The summed E-state index contributed by atoms with van der Waals surface area (Å²) in [5.74, 6) is -0.187. The summed E-state index contributed by atoms with van der Waals surface area (Å²) in [5.41, 5.74) is 1.43. The molecule has 0 radical (unpaired) electrons. The van der Waals surface area contributed by atoms with E-state index in [0.29, 0.717) is 5.56 Å². The van der Waals surface area contributed by atoms with Gasteiger partial charge in [0.1, 0.15) is 0 Å². The van der Waals surface area contributed by atoms with Crippen LogP contribution in [0.4, 0.5) is 5.69 Å². The highest BCUT2D eigenvalue weighted by molar-refractivity contribution is 7.91. The molecule has 100 valence electrons. The van der Waals surface area contributed by atoms with Crippen LogP contribution in [-0.4, -0.2) is 39.4 Å². The van der Waals surface area contributed by atoms with Gasteiger partial charge in [0.15, 0.2) is 9.84 Å². The summed E-state index contributed by atoms with van der Waals surface area (Å²) in [4.78, 5) is 11.7. The van der Waals surface area contributed by atoms with E-state index in [4.69, 9.17) is 0 Å². The molecule has 0 aliphatic rings. The predicted octanol–water partition coefficient (Wildman–Crippen LogP) is 0.893. The Kier molecular flexibility index (Phi) is 5.15. The number of carbonyl (C=O) groups is 1. The summed E-state index contributed by atoms with van der Waals surface area (Å²) < 4.78 is 22.5. The standard InChI is InChI=1S/C12H18N2O3S/c1-3-18(16,17)9-8-14-12(15)10-4-6-11(13-2)7-5-10/h4-7,13H,3,8-9H2,1-2H3,(H,14,15). The van der Waals surface area contributed by atoms with Crippen molar-refractivity contribution in [3.8, 4) is 0 Å². The fourth-order valence-electron chi connectivity index (χ4n) is 1.35. The van der Waals surface area contributed by atoms with E-state index in [1.165, 1.54) is 0 Å². The minimum absolute atomic E-state index is 0.0240. The summed E-state index contributed by atoms with van der Waals surface area (Å²) in [7, 11) is -1.24. The van der Waals surface area contributed by atoms with Crippen LogP contribution in [0.15, 0.2) is 24.3 Å². The molecule has 2 N–H and O–H groups in total. The molecule has 1 aromatic carbocycles. The van der Waals surface area contributed by atoms with Gasteiger partial charge < -0.3 is 10.6 Å². The molecule has 1 rings (SSSR count). The second kappa shape index (κ2) is 6.39. The lowest BCUT2D eigenvalue weighted by Gasteiger charge is -2.06. The van der Waals surface area contributed by atoms with Gasteiger partial charge >= 0.3 is 0 Å². The van der Waals surface area contributed by atoms with Crippen molar-refractivity contribution in [1.82, 2.24) is 5.32 Å². The summed E-state index contributed by atoms with van der Waals surface area (Å²) >= 11 is 0. The smallest absolute Gasteiger partial charge is 0.251 e. The Morgan fingerprint density at radius 1 is 1.22 bits per heavy atom. The molecule has 5 nitrogen and oxygen atoms in total. The third kappa shape index (κ3) is 4.37. The first-order valence-electron chi connectivity index (χ1n) is 5.75. The molecule has 0 atom stereocenters. The average molecular weight is 270 g/mol. The zero-order valence-electron chi connectivity index (χ0n) is 10.6. The minimum atomic E-state index is -3.03. The normalized spacial score (nSPS) is 11.0. The number of nitrogens with one attached hydrogen (secondary N) is 2. The van der Waals surface area contributed by atoms with Crippen molar-refractivity contribution in [1.29, 1.82) is 0 Å². The van der Waals surface area contributed by atoms with Crippen LogP contribution in [0.2, 0.25) is 0 Å². The van der Waals surface area contributed by atoms with Crippen molar-refractivity contribution in [2.45, 2.75) is 6.92 Å². The lowest BCUT2D eigenvalue weighted by atomic mass is 10.2. The van der Waals surface area contributed by atoms with E-state index < -0.39 is 9.84 Å². The van der Waals surface area contributed by atoms with Crippen molar-refractivity contribution >= 4 is 21.4 Å². The van der Waals surface area contributed by atoms with Gasteiger partial charge in [0.25, 0.3) is 5.91 Å². The van der Waals surface area contributed by atoms with Crippen LogP contribution in [0.1, 0.15) is 17.3 Å². The maximum absolute atomic E-state index is 11.7. The molecular formula is C12H18N2O3S. The first kappa shape index (κ1) is 14.5. The van der Waals surface area contributed by atoms with Gasteiger partial charge in [-0.3, -0.25) is 4.79 Å². The number of sulfone groups is 1. The number of anilines is 1. The van der Waals surface area contributed by atoms with Crippen LogP contribution in [0.3, 0.4) is 0 Å².